The SMILES string of the molecule is CCC1=CC(C2=CC=CCC2)[NH+]=C1c1ccccc1. The van der Waals surface area contributed by atoms with Crippen molar-refractivity contribution in [2.24, 2.45) is 0 Å². The van der Waals surface area contributed by atoms with Crippen LogP contribution in [-0.2, 0) is 0 Å². The van der Waals surface area contributed by atoms with Crippen molar-refractivity contribution in [3.05, 3.63) is 71.3 Å². The summed E-state index contributed by atoms with van der Waals surface area (Å²) in [6.45, 7) is 2.23. The first kappa shape index (κ1) is 12.2. The van der Waals surface area contributed by atoms with Crippen LogP contribution in [0, 0.1) is 0 Å². The molecule has 2 aliphatic rings. The molecule has 0 saturated carbocycles. The van der Waals surface area contributed by atoms with E-state index < -0.39 is 0 Å². The van der Waals surface area contributed by atoms with E-state index in [0.717, 1.165) is 6.42 Å². The number of hydrogen-bond acceptors (Lipinski definition) is 0. The Kier molecular flexibility index (Phi) is 3.45. The molecule has 0 fully saturated rings. The Morgan fingerprint density at radius 3 is 2.74 bits per heavy atom. The maximum absolute atomic E-state index is 3.70. The van der Waals surface area contributed by atoms with Crippen molar-refractivity contribution in [1.82, 2.24) is 0 Å². The molecule has 0 saturated heterocycles. The summed E-state index contributed by atoms with van der Waals surface area (Å²) in [5, 5.41) is 0. The molecule has 0 aromatic heterocycles. The standard InChI is InChI=1S/C18H19N/c1-2-14-13-17(15-9-5-3-6-10-15)19-18(14)16-11-7-4-8-12-16/h3-5,7-9,11-13,17H,2,6,10H2,1H3/p+1. The normalized spacial score (nSPS) is 21.9. The number of allylic oxidation sites excluding steroid dienone is 4. The summed E-state index contributed by atoms with van der Waals surface area (Å²) in [5.74, 6) is 0. The Balaban J connectivity index is 1.94. The molecule has 3 rings (SSSR count). The van der Waals surface area contributed by atoms with Crippen molar-refractivity contribution in [1.29, 1.82) is 0 Å². The van der Waals surface area contributed by atoms with Crippen LogP contribution in [0.1, 0.15) is 31.7 Å². The lowest BCUT2D eigenvalue weighted by atomic mass is 9.97. The van der Waals surface area contributed by atoms with Gasteiger partial charge in [-0.2, -0.15) is 0 Å². The molecule has 1 unspecified atom stereocenters. The molecule has 0 radical (unpaired) electrons. The van der Waals surface area contributed by atoms with E-state index in [9.17, 15) is 0 Å². The van der Waals surface area contributed by atoms with Gasteiger partial charge in [0.2, 0.25) is 5.71 Å². The molecule has 1 aliphatic carbocycles. The van der Waals surface area contributed by atoms with Crippen LogP contribution >= 0.6 is 0 Å². The third-order valence-electron chi connectivity index (χ3n) is 3.88. The maximum atomic E-state index is 3.70. The number of rotatable bonds is 3. The van der Waals surface area contributed by atoms with E-state index in [2.05, 4.69) is 66.6 Å². The fraction of sp³-hybridized carbons (Fsp3) is 0.278. The molecule has 1 nitrogen and oxygen atoms in total. The predicted octanol–water partition coefficient (Wildman–Crippen LogP) is 2.55. The van der Waals surface area contributed by atoms with Crippen LogP contribution < -0.4 is 4.99 Å². The highest BCUT2D eigenvalue weighted by Gasteiger charge is 2.28. The van der Waals surface area contributed by atoms with E-state index in [-0.39, 0.29) is 0 Å². The Labute approximate surface area is 115 Å². The van der Waals surface area contributed by atoms with Crippen molar-refractivity contribution in [2.75, 3.05) is 0 Å². The van der Waals surface area contributed by atoms with Crippen LogP contribution in [0.2, 0.25) is 0 Å². The fourth-order valence-electron chi connectivity index (χ4n) is 2.82. The van der Waals surface area contributed by atoms with Crippen molar-refractivity contribution >= 4 is 5.71 Å². The molecule has 0 amide bonds. The molecule has 1 aromatic rings. The summed E-state index contributed by atoms with van der Waals surface area (Å²) in [5.41, 5.74) is 5.54. The monoisotopic (exact) mass is 250 g/mol. The van der Waals surface area contributed by atoms with E-state index in [1.807, 2.05) is 0 Å². The molecular weight excluding hydrogens is 230 g/mol. The molecule has 1 atom stereocenters. The van der Waals surface area contributed by atoms with Crippen LogP contribution in [0.4, 0.5) is 0 Å². The summed E-state index contributed by atoms with van der Waals surface area (Å²) in [4.78, 5) is 3.70. The molecule has 1 N–H and O–H groups in total. The lowest BCUT2D eigenvalue weighted by Crippen LogP contribution is -2.77. The second kappa shape index (κ2) is 5.40. The molecule has 1 heterocycles. The first-order valence-electron chi connectivity index (χ1n) is 7.14. The average Bonchev–Trinajstić information content (AvgIpc) is 2.93. The van der Waals surface area contributed by atoms with Gasteiger partial charge in [0, 0.05) is 16.7 Å². The van der Waals surface area contributed by atoms with Gasteiger partial charge in [-0.25, -0.2) is 4.99 Å². The summed E-state index contributed by atoms with van der Waals surface area (Å²) in [6.07, 6.45) is 12.5. The Bertz CT molecular complexity index is 573. The second-order valence-electron chi connectivity index (χ2n) is 5.12. The minimum Gasteiger partial charge on any atom is -0.231 e. The van der Waals surface area contributed by atoms with E-state index in [4.69, 9.17) is 0 Å². The summed E-state index contributed by atoms with van der Waals surface area (Å²) >= 11 is 0. The van der Waals surface area contributed by atoms with Gasteiger partial charge < -0.3 is 0 Å². The van der Waals surface area contributed by atoms with Crippen molar-refractivity contribution in [2.45, 2.75) is 32.2 Å². The summed E-state index contributed by atoms with van der Waals surface area (Å²) in [6, 6.07) is 11.0. The van der Waals surface area contributed by atoms with Crippen molar-refractivity contribution < 1.29 is 4.99 Å². The van der Waals surface area contributed by atoms with E-state index in [1.54, 1.807) is 0 Å². The minimum atomic E-state index is 0.384. The highest BCUT2D eigenvalue weighted by Crippen LogP contribution is 2.20. The number of benzene rings is 1. The third kappa shape index (κ3) is 2.46. The van der Waals surface area contributed by atoms with Gasteiger partial charge in [-0.3, -0.25) is 0 Å². The van der Waals surface area contributed by atoms with Crippen LogP contribution in [-0.4, -0.2) is 11.8 Å². The zero-order valence-electron chi connectivity index (χ0n) is 11.4. The van der Waals surface area contributed by atoms with Crippen molar-refractivity contribution in [3.8, 4) is 0 Å². The van der Waals surface area contributed by atoms with Crippen LogP contribution in [0.25, 0.3) is 0 Å². The smallest absolute Gasteiger partial charge is 0.209 e. The first-order chi connectivity index (χ1) is 9.38. The molecular formula is C18H20N+. The highest BCUT2D eigenvalue weighted by molar-refractivity contribution is 6.09. The quantitative estimate of drug-likeness (QED) is 0.847. The maximum Gasteiger partial charge on any atom is 0.209 e. The van der Waals surface area contributed by atoms with Crippen LogP contribution in [0.3, 0.4) is 0 Å². The van der Waals surface area contributed by atoms with Crippen LogP contribution in [0.15, 0.2) is 65.8 Å². The molecule has 1 aromatic carbocycles. The lowest BCUT2D eigenvalue weighted by molar-refractivity contribution is -0.472. The first-order valence-corrected chi connectivity index (χ1v) is 7.14. The summed E-state index contributed by atoms with van der Waals surface area (Å²) < 4.78 is 0. The Morgan fingerprint density at radius 2 is 2.05 bits per heavy atom. The zero-order chi connectivity index (χ0) is 13.1. The van der Waals surface area contributed by atoms with Gasteiger partial charge in [0.1, 0.15) is 0 Å². The van der Waals surface area contributed by atoms with Gasteiger partial charge in [-0.1, -0.05) is 43.4 Å². The largest absolute Gasteiger partial charge is 0.231 e. The van der Waals surface area contributed by atoms with Crippen molar-refractivity contribution in [3.63, 3.8) is 0 Å². The van der Waals surface area contributed by atoms with Gasteiger partial charge in [0.05, 0.1) is 0 Å². The highest BCUT2D eigenvalue weighted by atomic mass is 14.8. The topological polar surface area (TPSA) is 14.0 Å². The fourth-order valence-corrected chi connectivity index (χ4v) is 2.82. The Hall–Kier alpha value is -1.89. The molecule has 1 aliphatic heterocycles. The molecule has 19 heavy (non-hydrogen) atoms. The Morgan fingerprint density at radius 1 is 1.21 bits per heavy atom. The molecule has 0 spiro atoms. The molecule has 0 bridgehead atoms. The van der Waals surface area contributed by atoms with Gasteiger partial charge in [0.25, 0.3) is 0 Å². The van der Waals surface area contributed by atoms with E-state index in [1.165, 1.54) is 35.3 Å². The second-order valence-corrected chi connectivity index (χ2v) is 5.12. The van der Waals surface area contributed by atoms with E-state index >= 15 is 0 Å². The third-order valence-corrected chi connectivity index (χ3v) is 3.88. The minimum absolute atomic E-state index is 0.384. The van der Waals surface area contributed by atoms with Crippen LogP contribution in [0.5, 0.6) is 0 Å². The average molecular weight is 250 g/mol. The van der Waals surface area contributed by atoms with Gasteiger partial charge >= 0.3 is 0 Å². The van der Waals surface area contributed by atoms with Gasteiger partial charge in [-0.15, -0.1) is 0 Å². The zero-order valence-corrected chi connectivity index (χ0v) is 11.4. The van der Waals surface area contributed by atoms with Gasteiger partial charge in [0.15, 0.2) is 6.04 Å². The summed E-state index contributed by atoms with van der Waals surface area (Å²) in [7, 11) is 0. The number of hydrogen-bond donors (Lipinski definition) is 1. The predicted molar refractivity (Wildman–Crippen MR) is 80.1 cm³/mol. The van der Waals surface area contributed by atoms with Gasteiger partial charge in [-0.05, 0) is 37.5 Å². The van der Waals surface area contributed by atoms with E-state index in [0.29, 0.717) is 6.04 Å². The lowest BCUT2D eigenvalue weighted by Gasteiger charge is -2.08. The molecule has 1 heteroatoms. The molecule has 96 valence electrons. The number of nitrogens with one attached hydrogen (secondary N) is 1.